The van der Waals surface area contributed by atoms with Crippen LogP contribution in [0.25, 0.3) is 0 Å². The summed E-state index contributed by atoms with van der Waals surface area (Å²) in [5.41, 5.74) is 1.90. The lowest BCUT2D eigenvalue weighted by atomic mass is 10.2. The van der Waals surface area contributed by atoms with E-state index >= 15 is 0 Å². The topological polar surface area (TPSA) is 41.1 Å². The average Bonchev–Trinajstić information content (AvgIpc) is 2.94. The van der Waals surface area contributed by atoms with Crippen molar-refractivity contribution in [2.24, 2.45) is 5.92 Å². The van der Waals surface area contributed by atoms with Gasteiger partial charge in [0.1, 0.15) is 0 Å². The maximum atomic E-state index is 11.6. The summed E-state index contributed by atoms with van der Waals surface area (Å²) in [5.74, 6) is 0.0378. The highest BCUT2D eigenvalue weighted by molar-refractivity contribution is 7.12. The molecule has 1 heterocycles. The van der Waals surface area contributed by atoms with Crippen molar-refractivity contribution in [1.29, 1.82) is 0 Å². The second kappa shape index (κ2) is 7.27. The molecule has 112 valence electrons. The van der Waals surface area contributed by atoms with Crippen molar-refractivity contribution in [2.75, 3.05) is 10.6 Å². The SMILES string of the molecule is CCc1ccc(CNc2ccc(NC(=O)C(C)C)cc2)s1. The monoisotopic (exact) mass is 302 g/mol. The van der Waals surface area contributed by atoms with Crippen molar-refractivity contribution >= 4 is 28.6 Å². The van der Waals surface area contributed by atoms with Gasteiger partial charge in [0.15, 0.2) is 0 Å². The van der Waals surface area contributed by atoms with E-state index in [2.05, 4.69) is 29.7 Å². The quantitative estimate of drug-likeness (QED) is 0.824. The normalized spacial score (nSPS) is 10.7. The van der Waals surface area contributed by atoms with Crippen LogP contribution in [0.1, 0.15) is 30.5 Å². The van der Waals surface area contributed by atoms with E-state index in [-0.39, 0.29) is 11.8 Å². The fourth-order valence-electron chi connectivity index (χ4n) is 1.85. The Morgan fingerprint density at radius 1 is 1.05 bits per heavy atom. The first kappa shape index (κ1) is 15.6. The molecule has 0 aliphatic carbocycles. The second-order valence-electron chi connectivity index (χ2n) is 5.30. The molecule has 0 saturated carbocycles. The van der Waals surface area contributed by atoms with Gasteiger partial charge in [-0.15, -0.1) is 11.3 Å². The largest absolute Gasteiger partial charge is 0.380 e. The van der Waals surface area contributed by atoms with Gasteiger partial charge in [-0.1, -0.05) is 20.8 Å². The molecular formula is C17H22N2OS. The number of anilines is 2. The van der Waals surface area contributed by atoms with Gasteiger partial charge in [-0.3, -0.25) is 4.79 Å². The van der Waals surface area contributed by atoms with Crippen LogP contribution in [0.15, 0.2) is 36.4 Å². The zero-order valence-electron chi connectivity index (χ0n) is 12.8. The van der Waals surface area contributed by atoms with E-state index in [9.17, 15) is 4.79 Å². The molecule has 0 aliphatic heterocycles. The van der Waals surface area contributed by atoms with E-state index < -0.39 is 0 Å². The molecule has 3 nitrogen and oxygen atoms in total. The summed E-state index contributed by atoms with van der Waals surface area (Å²) in [5, 5.41) is 6.29. The smallest absolute Gasteiger partial charge is 0.226 e. The van der Waals surface area contributed by atoms with Gasteiger partial charge in [0.2, 0.25) is 5.91 Å². The molecular weight excluding hydrogens is 280 g/mol. The van der Waals surface area contributed by atoms with E-state index in [1.165, 1.54) is 9.75 Å². The molecule has 21 heavy (non-hydrogen) atoms. The number of aryl methyl sites for hydroxylation is 1. The van der Waals surface area contributed by atoms with Crippen molar-refractivity contribution in [3.05, 3.63) is 46.2 Å². The van der Waals surface area contributed by atoms with Crippen molar-refractivity contribution in [2.45, 2.75) is 33.7 Å². The Morgan fingerprint density at radius 3 is 2.24 bits per heavy atom. The highest BCUT2D eigenvalue weighted by Gasteiger charge is 2.06. The van der Waals surface area contributed by atoms with Crippen LogP contribution in [0, 0.1) is 5.92 Å². The second-order valence-corrected chi connectivity index (χ2v) is 6.55. The first-order valence-electron chi connectivity index (χ1n) is 7.31. The van der Waals surface area contributed by atoms with Crippen LogP contribution in [0.3, 0.4) is 0 Å². The molecule has 0 unspecified atom stereocenters. The van der Waals surface area contributed by atoms with E-state index in [4.69, 9.17) is 0 Å². The zero-order chi connectivity index (χ0) is 15.2. The molecule has 4 heteroatoms. The summed E-state index contributed by atoms with van der Waals surface area (Å²) < 4.78 is 0. The lowest BCUT2D eigenvalue weighted by molar-refractivity contribution is -0.118. The minimum absolute atomic E-state index is 0.00519. The molecule has 0 fully saturated rings. The summed E-state index contributed by atoms with van der Waals surface area (Å²) >= 11 is 1.85. The molecule has 0 saturated heterocycles. The van der Waals surface area contributed by atoms with E-state index in [1.54, 1.807) is 0 Å². The molecule has 0 radical (unpaired) electrons. The van der Waals surface area contributed by atoms with Gasteiger partial charge in [0, 0.05) is 33.6 Å². The summed E-state index contributed by atoms with van der Waals surface area (Å²) in [6, 6.07) is 12.2. The molecule has 0 atom stereocenters. The molecule has 2 aromatic rings. The maximum Gasteiger partial charge on any atom is 0.226 e. The third-order valence-corrected chi connectivity index (χ3v) is 4.44. The maximum absolute atomic E-state index is 11.6. The molecule has 1 aromatic carbocycles. The summed E-state index contributed by atoms with van der Waals surface area (Å²) in [4.78, 5) is 14.4. The number of benzene rings is 1. The summed E-state index contributed by atoms with van der Waals surface area (Å²) in [6.45, 7) is 6.78. The fraction of sp³-hybridized carbons (Fsp3) is 0.353. The number of amides is 1. The molecule has 1 amide bonds. The third kappa shape index (κ3) is 4.60. The van der Waals surface area contributed by atoms with Gasteiger partial charge < -0.3 is 10.6 Å². The zero-order valence-corrected chi connectivity index (χ0v) is 13.6. The number of rotatable bonds is 6. The predicted molar refractivity (Wildman–Crippen MR) is 90.9 cm³/mol. The Balaban J connectivity index is 1.88. The molecule has 1 aromatic heterocycles. The molecule has 2 rings (SSSR count). The first-order valence-corrected chi connectivity index (χ1v) is 8.12. The van der Waals surface area contributed by atoms with Crippen LogP contribution in [0.5, 0.6) is 0 Å². The lowest BCUT2D eigenvalue weighted by Gasteiger charge is -2.09. The Hall–Kier alpha value is -1.81. The Kier molecular flexibility index (Phi) is 5.39. The van der Waals surface area contributed by atoms with Crippen molar-refractivity contribution in [3.63, 3.8) is 0 Å². The highest BCUT2D eigenvalue weighted by atomic mass is 32.1. The van der Waals surface area contributed by atoms with Crippen LogP contribution >= 0.6 is 11.3 Å². The van der Waals surface area contributed by atoms with Crippen molar-refractivity contribution in [1.82, 2.24) is 0 Å². The lowest BCUT2D eigenvalue weighted by Crippen LogP contribution is -2.17. The van der Waals surface area contributed by atoms with E-state index in [0.29, 0.717) is 0 Å². The minimum atomic E-state index is -0.00519. The van der Waals surface area contributed by atoms with Crippen LogP contribution < -0.4 is 10.6 Å². The van der Waals surface area contributed by atoms with Gasteiger partial charge in [-0.25, -0.2) is 0 Å². The minimum Gasteiger partial charge on any atom is -0.380 e. The first-order chi connectivity index (χ1) is 10.1. The van der Waals surface area contributed by atoms with Crippen molar-refractivity contribution in [3.8, 4) is 0 Å². The number of hydrogen-bond donors (Lipinski definition) is 2. The molecule has 0 spiro atoms. The number of carbonyl (C=O) groups is 1. The highest BCUT2D eigenvalue weighted by Crippen LogP contribution is 2.19. The summed E-state index contributed by atoms with van der Waals surface area (Å²) in [7, 11) is 0. The third-order valence-electron chi connectivity index (χ3n) is 3.21. The van der Waals surface area contributed by atoms with Gasteiger partial charge in [0.25, 0.3) is 0 Å². The fourth-order valence-corrected chi connectivity index (χ4v) is 2.75. The molecule has 2 N–H and O–H groups in total. The van der Waals surface area contributed by atoms with Crippen LogP contribution in [0.4, 0.5) is 11.4 Å². The number of carbonyl (C=O) groups excluding carboxylic acids is 1. The average molecular weight is 302 g/mol. The molecule has 0 aliphatic rings. The van der Waals surface area contributed by atoms with E-state index in [1.807, 2.05) is 49.4 Å². The van der Waals surface area contributed by atoms with Crippen LogP contribution in [0.2, 0.25) is 0 Å². The van der Waals surface area contributed by atoms with Crippen LogP contribution in [-0.2, 0) is 17.8 Å². The van der Waals surface area contributed by atoms with Gasteiger partial charge in [-0.05, 0) is 42.8 Å². The van der Waals surface area contributed by atoms with Gasteiger partial charge in [0.05, 0.1) is 0 Å². The Bertz CT molecular complexity index is 587. The van der Waals surface area contributed by atoms with Crippen LogP contribution in [-0.4, -0.2) is 5.91 Å². The number of nitrogens with one attached hydrogen (secondary N) is 2. The number of thiophene rings is 1. The Morgan fingerprint density at radius 2 is 1.67 bits per heavy atom. The van der Waals surface area contributed by atoms with Crippen molar-refractivity contribution < 1.29 is 4.79 Å². The standard InChI is InChI=1S/C17H22N2OS/c1-4-15-9-10-16(21-15)11-18-13-5-7-14(8-6-13)19-17(20)12(2)3/h5-10,12,18H,4,11H2,1-3H3,(H,19,20). The summed E-state index contributed by atoms with van der Waals surface area (Å²) in [6.07, 6.45) is 1.09. The van der Waals surface area contributed by atoms with E-state index in [0.717, 1.165) is 24.3 Å². The predicted octanol–water partition coefficient (Wildman–Crippen LogP) is 4.52. The van der Waals surface area contributed by atoms with Gasteiger partial charge in [-0.2, -0.15) is 0 Å². The number of hydrogen-bond acceptors (Lipinski definition) is 3. The molecule has 0 bridgehead atoms. The Labute approximate surface area is 130 Å². The van der Waals surface area contributed by atoms with Gasteiger partial charge >= 0.3 is 0 Å².